The molecule has 0 spiro atoms. The van der Waals surface area contributed by atoms with E-state index in [1.165, 1.54) is 6.07 Å². The molecule has 2 heterocycles. The first kappa shape index (κ1) is 14.1. The molecule has 0 aliphatic rings. The summed E-state index contributed by atoms with van der Waals surface area (Å²) in [6.45, 7) is 3.87. The fraction of sp³-hybridized carbons (Fsp3) is 0.333. The summed E-state index contributed by atoms with van der Waals surface area (Å²) in [6.07, 6.45) is 2.69. The summed E-state index contributed by atoms with van der Waals surface area (Å²) in [4.78, 5) is 4.39. The van der Waals surface area contributed by atoms with E-state index in [1.807, 2.05) is 37.7 Å². The quantitative estimate of drug-likeness (QED) is 0.691. The van der Waals surface area contributed by atoms with Gasteiger partial charge in [-0.25, -0.2) is 9.37 Å². The number of nitrogens with zero attached hydrogens (tertiary/aromatic N) is 4. The van der Waals surface area contributed by atoms with Crippen LogP contribution < -0.4 is 0 Å². The Morgan fingerprint density at radius 3 is 2.81 bits per heavy atom. The first-order chi connectivity index (χ1) is 10.0. The van der Waals surface area contributed by atoms with Gasteiger partial charge in [0, 0.05) is 13.2 Å². The minimum absolute atomic E-state index is 0.332. The molecule has 1 atom stereocenters. The third-order valence-electron chi connectivity index (χ3n) is 3.48. The van der Waals surface area contributed by atoms with E-state index in [4.69, 9.17) is 11.6 Å². The maximum absolute atomic E-state index is 14.0. The molecule has 0 amide bonds. The van der Waals surface area contributed by atoms with Crippen molar-refractivity contribution in [1.29, 1.82) is 0 Å². The van der Waals surface area contributed by atoms with E-state index in [-0.39, 0.29) is 11.2 Å². The van der Waals surface area contributed by atoms with Crippen molar-refractivity contribution in [2.75, 3.05) is 0 Å². The van der Waals surface area contributed by atoms with Gasteiger partial charge in [-0.2, -0.15) is 5.10 Å². The number of aryl methyl sites for hydroxylation is 2. The molecule has 0 fully saturated rings. The summed E-state index contributed by atoms with van der Waals surface area (Å²) < 4.78 is 17.7. The average Bonchev–Trinajstić information content (AvgIpc) is 2.99. The van der Waals surface area contributed by atoms with E-state index >= 15 is 0 Å². The summed E-state index contributed by atoms with van der Waals surface area (Å²) in [5.41, 5.74) is 2.88. The van der Waals surface area contributed by atoms with Crippen LogP contribution in [0.4, 0.5) is 4.39 Å². The van der Waals surface area contributed by atoms with Crippen LogP contribution in [0.15, 0.2) is 24.4 Å². The molecule has 2 aromatic heterocycles. The number of fused-ring (bicyclic) bond motifs is 1. The molecule has 0 saturated heterocycles. The third kappa shape index (κ3) is 2.21. The fourth-order valence-corrected chi connectivity index (χ4v) is 2.71. The Bertz CT molecular complexity index is 803. The number of hydrogen-bond acceptors (Lipinski definition) is 2. The highest BCUT2D eigenvalue weighted by Gasteiger charge is 2.21. The Balaban J connectivity index is 2.39. The zero-order chi connectivity index (χ0) is 15.1. The van der Waals surface area contributed by atoms with Crippen molar-refractivity contribution < 1.29 is 4.39 Å². The van der Waals surface area contributed by atoms with Crippen molar-refractivity contribution in [2.24, 2.45) is 7.05 Å². The molecule has 4 nitrogen and oxygen atoms in total. The molecule has 0 N–H and O–H groups in total. The Labute approximate surface area is 127 Å². The van der Waals surface area contributed by atoms with Crippen molar-refractivity contribution in [3.8, 4) is 5.69 Å². The summed E-state index contributed by atoms with van der Waals surface area (Å²) >= 11 is 6.25. The normalized spacial score (nSPS) is 13.0. The SMILES string of the molecule is CCc1nn(C)cc1-n1c(C(C)Cl)nc2c(F)cccc21. The number of halogens is 2. The Morgan fingerprint density at radius 1 is 1.38 bits per heavy atom. The molecule has 0 saturated carbocycles. The van der Waals surface area contributed by atoms with E-state index in [0.717, 1.165) is 17.8 Å². The van der Waals surface area contributed by atoms with Gasteiger partial charge in [-0.05, 0) is 25.5 Å². The molecule has 21 heavy (non-hydrogen) atoms. The number of hydrogen-bond donors (Lipinski definition) is 0. The van der Waals surface area contributed by atoms with E-state index in [9.17, 15) is 4.39 Å². The Kier molecular flexibility index (Phi) is 3.45. The van der Waals surface area contributed by atoms with Crippen LogP contribution in [0.5, 0.6) is 0 Å². The molecule has 1 unspecified atom stereocenters. The fourth-order valence-electron chi connectivity index (χ4n) is 2.56. The number of alkyl halides is 1. The van der Waals surface area contributed by atoms with Crippen molar-refractivity contribution in [1.82, 2.24) is 19.3 Å². The second-order valence-electron chi connectivity index (χ2n) is 5.02. The lowest BCUT2D eigenvalue weighted by molar-refractivity contribution is 0.637. The smallest absolute Gasteiger partial charge is 0.151 e. The van der Waals surface area contributed by atoms with Crippen molar-refractivity contribution in [3.05, 3.63) is 41.7 Å². The van der Waals surface area contributed by atoms with Gasteiger partial charge in [0.05, 0.1) is 22.3 Å². The monoisotopic (exact) mass is 306 g/mol. The van der Waals surface area contributed by atoms with E-state index in [1.54, 1.807) is 10.7 Å². The Morgan fingerprint density at radius 2 is 2.14 bits per heavy atom. The van der Waals surface area contributed by atoms with E-state index < -0.39 is 0 Å². The molecular formula is C15H16ClFN4. The number of benzene rings is 1. The van der Waals surface area contributed by atoms with Crippen LogP contribution in [-0.2, 0) is 13.5 Å². The highest BCUT2D eigenvalue weighted by molar-refractivity contribution is 6.20. The van der Waals surface area contributed by atoms with Crippen LogP contribution in [0.1, 0.15) is 30.7 Å². The van der Waals surface area contributed by atoms with Gasteiger partial charge in [0.1, 0.15) is 11.3 Å². The molecular weight excluding hydrogens is 291 g/mol. The molecule has 3 rings (SSSR count). The zero-order valence-corrected chi connectivity index (χ0v) is 12.9. The predicted octanol–water partition coefficient (Wildman–Crippen LogP) is 3.76. The second kappa shape index (κ2) is 5.15. The molecule has 0 radical (unpaired) electrons. The van der Waals surface area contributed by atoms with Crippen LogP contribution in [0.2, 0.25) is 0 Å². The number of rotatable bonds is 3. The number of para-hydroxylation sites is 1. The minimum atomic E-state index is -0.341. The lowest BCUT2D eigenvalue weighted by Crippen LogP contribution is -2.03. The van der Waals surface area contributed by atoms with Crippen molar-refractivity contribution in [3.63, 3.8) is 0 Å². The van der Waals surface area contributed by atoms with E-state index in [0.29, 0.717) is 16.9 Å². The largest absolute Gasteiger partial charge is 0.291 e. The lowest BCUT2D eigenvalue weighted by Gasteiger charge is -2.09. The standard InChI is InChI=1S/C15H16ClFN4/c1-4-11-13(8-20(3)19-11)21-12-7-5-6-10(17)14(12)18-15(21)9(2)16/h5-9H,4H2,1-3H3. The van der Waals surface area contributed by atoms with Crippen molar-refractivity contribution in [2.45, 2.75) is 25.6 Å². The first-order valence-electron chi connectivity index (χ1n) is 6.86. The Hall–Kier alpha value is -1.88. The highest BCUT2D eigenvalue weighted by atomic mass is 35.5. The molecule has 1 aromatic carbocycles. The van der Waals surface area contributed by atoms with Crippen LogP contribution in [0.3, 0.4) is 0 Å². The van der Waals surface area contributed by atoms with Crippen LogP contribution >= 0.6 is 11.6 Å². The van der Waals surface area contributed by atoms with Gasteiger partial charge in [-0.1, -0.05) is 13.0 Å². The molecule has 0 aliphatic heterocycles. The molecule has 0 aliphatic carbocycles. The summed E-state index contributed by atoms with van der Waals surface area (Å²) in [7, 11) is 1.87. The summed E-state index contributed by atoms with van der Waals surface area (Å²) in [5, 5.41) is 4.11. The zero-order valence-electron chi connectivity index (χ0n) is 12.1. The topological polar surface area (TPSA) is 35.6 Å². The highest BCUT2D eigenvalue weighted by Crippen LogP contribution is 2.30. The van der Waals surface area contributed by atoms with Gasteiger partial charge in [0.2, 0.25) is 0 Å². The predicted molar refractivity (Wildman–Crippen MR) is 81.4 cm³/mol. The summed E-state index contributed by atoms with van der Waals surface area (Å²) in [6, 6.07) is 4.94. The first-order valence-corrected chi connectivity index (χ1v) is 7.30. The number of aromatic nitrogens is 4. The van der Waals surface area contributed by atoms with Gasteiger partial charge < -0.3 is 0 Å². The van der Waals surface area contributed by atoms with Gasteiger partial charge in [0.15, 0.2) is 5.82 Å². The molecule has 3 aromatic rings. The van der Waals surface area contributed by atoms with E-state index in [2.05, 4.69) is 10.1 Å². The average molecular weight is 307 g/mol. The van der Waals surface area contributed by atoms with Crippen LogP contribution in [0.25, 0.3) is 16.7 Å². The van der Waals surface area contributed by atoms with Gasteiger partial charge >= 0.3 is 0 Å². The summed E-state index contributed by atoms with van der Waals surface area (Å²) in [5.74, 6) is 0.284. The van der Waals surface area contributed by atoms with Crippen LogP contribution in [-0.4, -0.2) is 19.3 Å². The number of imidazole rings is 1. The molecule has 6 heteroatoms. The second-order valence-corrected chi connectivity index (χ2v) is 5.67. The van der Waals surface area contributed by atoms with Gasteiger partial charge in [-0.15, -0.1) is 11.6 Å². The molecule has 110 valence electrons. The maximum atomic E-state index is 14.0. The van der Waals surface area contributed by atoms with Gasteiger partial charge in [0.25, 0.3) is 0 Å². The maximum Gasteiger partial charge on any atom is 0.151 e. The van der Waals surface area contributed by atoms with Crippen LogP contribution in [0, 0.1) is 5.82 Å². The lowest BCUT2D eigenvalue weighted by atomic mass is 10.2. The van der Waals surface area contributed by atoms with Crippen molar-refractivity contribution >= 4 is 22.6 Å². The minimum Gasteiger partial charge on any atom is -0.291 e. The van der Waals surface area contributed by atoms with Gasteiger partial charge in [-0.3, -0.25) is 9.25 Å². The molecule has 0 bridgehead atoms. The third-order valence-corrected chi connectivity index (χ3v) is 3.67.